The molecule has 0 aliphatic carbocycles. The van der Waals surface area contributed by atoms with Gasteiger partial charge in [-0.2, -0.15) is 0 Å². The summed E-state index contributed by atoms with van der Waals surface area (Å²) < 4.78 is 0. The largest absolute Gasteiger partial charge is 0.480 e. The summed E-state index contributed by atoms with van der Waals surface area (Å²) in [5, 5.41) is 11.5. The molecule has 102 valence electrons. The average molecular weight is 305 g/mol. The van der Waals surface area contributed by atoms with Gasteiger partial charge < -0.3 is 16.2 Å². The zero-order chi connectivity index (χ0) is 14.6. The van der Waals surface area contributed by atoms with Crippen molar-refractivity contribution in [1.82, 2.24) is 5.32 Å². The van der Waals surface area contributed by atoms with Gasteiger partial charge in [-0.05, 0) is 18.2 Å². The van der Waals surface area contributed by atoms with Gasteiger partial charge in [0.2, 0.25) is 5.91 Å². The number of amides is 2. The van der Waals surface area contributed by atoms with Gasteiger partial charge in [0.1, 0.15) is 6.04 Å². The molecule has 19 heavy (non-hydrogen) atoms. The van der Waals surface area contributed by atoms with Crippen molar-refractivity contribution >= 4 is 41.0 Å². The van der Waals surface area contributed by atoms with E-state index >= 15 is 0 Å². The van der Waals surface area contributed by atoms with Crippen molar-refractivity contribution in [3.63, 3.8) is 0 Å². The topological polar surface area (TPSA) is 109 Å². The smallest absolute Gasteiger partial charge is 0.326 e. The predicted octanol–water partition coefficient (Wildman–Crippen LogP) is 1.05. The highest BCUT2D eigenvalue weighted by Gasteiger charge is 2.22. The number of aliphatic carboxylic acids is 1. The van der Waals surface area contributed by atoms with E-state index in [0.29, 0.717) is 0 Å². The quantitative estimate of drug-likeness (QED) is 0.755. The highest BCUT2D eigenvalue weighted by molar-refractivity contribution is 6.35. The molecular weight excluding hydrogens is 295 g/mol. The van der Waals surface area contributed by atoms with Crippen molar-refractivity contribution in [2.75, 3.05) is 0 Å². The molecule has 1 aromatic rings. The Morgan fingerprint density at radius 1 is 1.21 bits per heavy atom. The summed E-state index contributed by atoms with van der Waals surface area (Å²) in [5.74, 6) is -2.91. The van der Waals surface area contributed by atoms with Crippen LogP contribution in [0.25, 0.3) is 0 Å². The number of nitrogens with one attached hydrogen (secondary N) is 1. The van der Waals surface area contributed by atoms with Gasteiger partial charge in [-0.1, -0.05) is 23.2 Å². The summed E-state index contributed by atoms with van der Waals surface area (Å²) in [6.07, 6.45) is -0.505. The maximum Gasteiger partial charge on any atom is 0.326 e. The number of primary amides is 1. The molecule has 0 spiro atoms. The Kier molecular flexibility index (Phi) is 5.14. The molecule has 1 rings (SSSR count). The number of hydrogen-bond acceptors (Lipinski definition) is 3. The molecule has 4 N–H and O–H groups in total. The van der Waals surface area contributed by atoms with Gasteiger partial charge in [0, 0.05) is 15.6 Å². The number of rotatable bonds is 5. The SMILES string of the molecule is NC(=O)C[C@@H](NC(=O)c1cc(Cl)cc(Cl)c1)C(=O)O. The van der Waals surface area contributed by atoms with Gasteiger partial charge in [-0.25, -0.2) is 4.79 Å². The molecule has 0 saturated carbocycles. The van der Waals surface area contributed by atoms with Crippen LogP contribution >= 0.6 is 23.2 Å². The zero-order valence-electron chi connectivity index (χ0n) is 9.52. The fourth-order valence-electron chi connectivity index (χ4n) is 1.33. The first-order chi connectivity index (χ1) is 8.79. The van der Waals surface area contributed by atoms with Gasteiger partial charge in [0.05, 0.1) is 6.42 Å². The van der Waals surface area contributed by atoms with Crippen LogP contribution in [0.1, 0.15) is 16.8 Å². The van der Waals surface area contributed by atoms with Crippen LogP contribution in [0.4, 0.5) is 0 Å². The molecular formula is C11H10Cl2N2O4. The van der Waals surface area contributed by atoms with E-state index in [2.05, 4.69) is 5.32 Å². The fourth-order valence-corrected chi connectivity index (χ4v) is 1.85. The molecule has 0 aromatic heterocycles. The van der Waals surface area contributed by atoms with E-state index in [1.165, 1.54) is 18.2 Å². The molecule has 2 amide bonds. The highest BCUT2D eigenvalue weighted by atomic mass is 35.5. The number of carbonyl (C=O) groups excluding carboxylic acids is 2. The van der Waals surface area contributed by atoms with Crippen LogP contribution in [0.2, 0.25) is 10.0 Å². The first kappa shape index (κ1) is 15.3. The van der Waals surface area contributed by atoms with Crippen molar-refractivity contribution in [3.05, 3.63) is 33.8 Å². The molecule has 0 unspecified atom stereocenters. The first-order valence-electron chi connectivity index (χ1n) is 5.07. The lowest BCUT2D eigenvalue weighted by molar-refractivity contribution is -0.140. The van der Waals surface area contributed by atoms with Crippen molar-refractivity contribution in [2.45, 2.75) is 12.5 Å². The third kappa shape index (κ3) is 4.76. The summed E-state index contributed by atoms with van der Waals surface area (Å²) in [7, 11) is 0. The van der Waals surface area contributed by atoms with Crippen LogP contribution in [-0.2, 0) is 9.59 Å². The Bertz CT molecular complexity index is 513. The van der Waals surface area contributed by atoms with Crippen LogP contribution in [0.5, 0.6) is 0 Å². The van der Waals surface area contributed by atoms with E-state index in [-0.39, 0.29) is 15.6 Å². The van der Waals surface area contributed by atoms with E-state index in [4.69, 9.17) is 34.0 Å². The summed E-state index contributed by atoms with van der Waals surface area (Å²) in [5.41, 5.74) is 4.99. The van der Waals surface area contributed by atoms with Gasteiger partial charge >= 0.3 is 5.97 Å². The lowest BCUT2D eigenvalue weighted by atomic mass is 10.1. The second-order valence-electron chi connectivity index (χ2n) is 3.69. The Hall–Kier alpha value is -1.79. The van der Waals surface area contributed by atoms with E-state index in [0.717, 1.165) is 0 Å². The second-order valence-corrected chi connectivity index (χ2v) is 4.57. The second kappa shape index (κ2) is 6.40. The molecule has 8 heteroatoms. The number of carbonyl (C=O) groups is 3. The fraction of sp³-hybridized carbons (Fsp3) is 0.182. The molecule has 1 atom stereocenters. The molecule has 0 bridgehead atoms. The number of carboxylic acids is 1. The normalized spacial score (nSPS) is 11.7. The summed E-state index contributed by atoms with van der Waals surface area (Å²) in [4.78, 5) is 33.4. The minimum absolute atomic E-state index is 0.0909. The Labute approximate surface area is 118 Å². The minimum Gasteiger partial charge on any atom is -0.480 e. The van der Waals surface area contributed by atoms with Crippen LogP contribution < -0.4 is 11.1 Å². The molecule has 0 radical (unpaired) electrons. The van der Waals surface area contributed by atoms with E-state index in [1.54, 1.807) is 0 Å². The molecule has 6 nitrogen and oxygen atoms in total. The predicted molar refractivity (Wildman–Crippen MR) is 69.2 cm³/mol. The molecule has 0 aliphatic rings. The Morgan fingerprint density at radius 2 is 1.74 bits per heavy atom. The Balaban J connectivity index is 2.87. The van der Waals surface area contributed by atoms with Crippen LogP contribution in [0, 0.1) is 0 Å². The van der Waals surface area contributed by atoms with E-state index < -0.39 is 30.2 Å². The third-order valence-electron chi connectivity index (χ3n) is 2.13. The van der Waals surface area contributed by atoms with Crippen molar-refractivity contribution in [2.24, 2.45) is 5.73 Å². The first-order valence-corrected chi connectivity index (χ1v) is 5.83. The van der Waals surface area contributed by atoms with Gasteiger partial charge in [0.25, 0.3) is 5.91 Å². The lowest BCUT2D eigenvalue weighted by Gasteiger charge is -2.13. The Morgan fingerprint density at radius 3 is 2.16 bits per heavy atom. The van der Waals surface area contributed by atoms with Crippen molar-refractivity contribution in [1.29, 1.82) is 0 Å². The molecule has 0 fully saturated rings. The number of nitrogens with two attached hydrogens (primary N) is 1. The monoisotopic (exact) mass is 304 g/mol. The maximum absolute atomic E-state index is 11.8. The lowest BCUT2D eigenvalue weighted by Crippen LogP contribution is -2.43. The summed E-state index contributed by atoms with van der Waals surface area (Å²) in [6.45, 7) is 0. The summed E-state index contributed by atoms with van der Waals surface area (Å²) in [6, 6.07) is 2.68. The number of benzene rings is 1. The van der Waals surface area contributed by atoms with E-state index in [9.17, 15) is 14.4 Å². The number of carboxylic acid groups (broad SMARTS) is 1. The molecule has 0 heterocycles. The number of hydrogen-bond donors (Lipinski definition) is 3. The van der Waals surface area contributed by atoms with E-state index in [1.807, 2.05) is 0 Å². The van der Waals surface area contributed by atoms with Gasteiger partial charge in [-0.3, -0.25) is 9.59 Å². The molecule has 0 saturated heterocycles. The van der Waals surface area contributed by atoms with Crippen LogP contribution in [0.15, 0.2) is 18.2 Å². The van der Waals surface area contributed by atoms with Gasteiger partial charge in [0.15, 0.2) is 0 Å². The van der Waals surface area contributed by atoms with Crippen LogP contribution in [-0.4, -0.2) is 28.9 Å². The highest BCUT2D eigenvalue weighted by Crippen LogP contribution is 2.19. The summed E-state index contributed by atoms with van der Waals surface area (Å²) >= 11 is 11.4. The van der Waals surface area contributed by atoms with Gasteiger partial charge in [-0.15, -0.1) is 0 Å². The number of halogens is 2. The third-order valence-corrected chi connectivity index (χ3v) is 2.57. The average Bonchev–Trinajstić information content (AvgIpc) is 2.25. The van der Waals surface area contributed by atoms with Crippen LogP contribution in [0.3, 0.4) is 0 Å². The standard InChI is InChI=1S/C11H10Cl2N2O4/c12-6-1-5(2-7(13)3-6)10(17)15-8(11(18)19)4-9(14)16/h1-3,8H,4H2,(H2,14,16)(H,15,17)(H,18,19)/t8-/m1/s1. The maximum atomic E-state index is 11.8. The zero-order valence-corrected chi connectivity index (χ0v) is 11.0. The van der Waals surface area contributed by atoms with Crippen molar-refractivity contribution in [3.8, 4) is 0 Å². The molecule has 0 aliphatic heterocycles. The molecule has 1 aromatic carbocycles. The minimum atomic E-state index is -1.40. The van der Waals surface area contributed by atoms with Crippen molar-refractivity contribution < 1.29 is 19.5 Å².